The molecule has 3 aromatic carbocycles. The van der Waals surface area contributed by atoms with Gasteiger partial charge in [0.2, 0.25) is 0 Å². The van der Waals surface area contributed by atoms with E-state index in [0.717, 1.165) is 28.8 Å². The van der Waals surface area contributed by atoms with Gasteiger partial charge in [0.25, 0.3) is 5.91 Å². The third-order valence-corrected chi connectivity index (χ3v) is 5.49. The Morgan fingerprint density at radius 2 is 1.87 bits per heavy atom. The van der Waals surface area contributed by atoms with Gasteiger partial charge in [-0.15, -0.1) is 0 Å². The average Bonchev–Trinajstić information content (AvgIpc) is 3.05. The normalized spacial score (nSPS) is 13.9. The van der Waals surface area contributed by atoms with Crippen molar-refractivity contribution in [2.24, 2.45) is 0 Å². The quantitative estimate of drug-likeness (QED) is 0.446. The smallest absolute Gasteiger partial charge is 0.258 e. The highest BCUT2D eigenvalue weighted by Gasteiger charge is 2.31. The molecule has 0 spiro atoms. The summed E-state index contributed by atoms with van der Waals surface area (Å²) >= 11 is 6.46. The maximum atomic E-state index is 13.0. The Kier molecular flexibility index (Phi) is 6.06. The Morgan fingerprint density at radius 1 is 1.10 bits per heavy atom. The summed E-state index contributed by atoms with van der Waals surface area (Å²) < 4.78 is 5.84. The second kappa shape index (κ2) is 9.07. The van der Waals surface area contributed by atoms with Crippen LogP contribution in [-0.2, 0) is 11.4 Å². The van der Waals surface area contributed by atoms with Crippen LogP contribution in [0.25, 0.3) is 11.6 Å². The fourth-order valence-corrected chi connectivity index (χ4v) is 3.94. The molecule has 0 aromatic heterocycles. The molecule has 0 aliphatic carbocycles. The number of nitriles is 1. The summed E-state index contributed by atoms with van der Waals surface area (Å²) in [4.78, 5) is 14.8. The van der Waals surface area contributed by atoms with E-state index in [1.807, 2.05) is 59.5 Å². The summed E-state index contributed by atoms with van der Waals surface area (Å²) in [6.45, 7) is 3.00. The first-order valence-corrected chi connectivity index (χ1v) is 10.5. The summed E-state index contributed by atoms with van der Waals surface area (Å²) in [6, 6.07) is 22.8. The van der Waals surface area contributed by atoms with Crippen molar-refractivity contribution in [2.75, 3.05) is 11.4 Å². The average molecular weight is 429 g/mol. The number of halogens is 1. The highest BCUT2D eigenvalue weighted by molar-refractivity contribution is 6.36. The number of carbonyl (C=O) groups is 1. The minimum atomic E-state index is 0.00705. The zero-order valence-corrected chi connectivity index (χ0v) is 17.9. The first-order valence-electron chi connectivity index (χ1n) is 10.2. The molecule has 0 saturated carbocycles. The van der Waals surface area contributed by atoms with Gasteiger partial charge in [0.1, 0.15) is 12.4 Å². The molecular formula is C26H21ClN2O2. The van der Waals surface area contributed by atoms with Gasteiger partial charge in [-0.1, -0.05) is 61.0 Å². The molecule has 4 rings (SSSR count). The largest absolute Gasteiger partial charge is 0.487 e. The fourth-order valence-electron chi connectivity index (χ4n) is 3.69. The van der Waals surface area contributed by atoms with Gasteiger partial charge in [-0.2, -0.15) is 5.26 Å². The molecule has 0 atom stereocenters. The summed E-state index contributed by atoms with van der Waals surface area (Å²) in [5, 5.41) is 9.67. The van der Waals surface area contributed by atoms with Gasteiger partial charge in [-0.3, -0.25) is 4.79 Å². The van der Waals surface area contributed by atoms with Crippen molar-refractivity contribution in [2.45, 2.75) is 20.0 Å². The highest BCUT2D eigenvalue weighted by Crippen LogP contribution is 2.38. The number of para-hydroxylation sites is 1. The van der Waals surface area contributed by atoms with E-state index in [1.165, 1.54) is 0 Å². The third kappa shape index (κ3) is 4.19. The Labute approximate surface area is 187 Å². The summed E-state index contributed by atoms with van der Waals surface area (Å²) in [7, 11) is 0. The second-order valence-corrected chi connectivity index (χ2v) is 7.69. The van der Waals surface area contributed by atoms with E-state index in [9.17, 15) is 10.1 Å². The van der Waals surface area contributed by atoms with E-state index >= 15 is 0 Å². The van der Waals surface area contributed by atoms with Gasteiger partial charge >= 0.3 is 0 Å². The lowest BCUT2D eigenvalue weighted by Crippen LogP contribution is -2.26. The SMILES string of the molecule is CCCN1C(=O)/C(=C\c2ccc(OCc3ccccc3C#N)c(Cl)c2)c2ccccc21. The number of nitrogens with zero attached hydrogens (tertiary/aromatic N) is 2. The lowest BCUT2D eigenvalue weighted by molar-refractivity contribution is -0.113. The number of carbonyl (C=O) groups excluding carboxylic acids is 1. The Bertz CT molecular complexity index is 1210. The summed E-state index contributed by atoms with van der Waals surface area (Å²) in [5.41, 5.74) is 4.75. The van der Waals surface area contributed by atoms with Gasteiger partial charge in [0, 0.05) is 23.2 Å². The van der Waals surface area contributed by atoms with E-state index in [2.05, 4.69) is 13.0 Å². The molecule has 3 aromatic rings. The number of hydrogen-bond acceptors (Lipinski definition) is 3. The lowest BCUT2D eigenvalue weighted by Gasteiger charge is -2.15. The predicted molar refractivity (Wildman–Crippen MR) is 124 cm³/mol. The minimum absolute atomic E-state index is 0.00705. The van der Waals surface area contributed by atoms with Crippen molar-refractivity contribution >= 4 is 34.8 Å². The van der Waals surface area contributed by atoms with Crippen molar-refractivity contribution in [1.29, 1.82) is 5.26 Å². The van der Waals surface area contributed by atoms with Gasteiger partial charge < -0.3 is 9.64 Å². The third-order valence-electron chi connectivity index (χ3n) is 5.20. The molecule has 0 saturated heterocycles. The van der Waals surface area contributed by atoms with Crippen LogP contribution in [0, 0.1) is 11.3 Å². The van der Waals surface area contributed by atoms with E-state index in [1.54, 1.807) is 18.2 Å². The molecule has 1 aliphatic heterocycles. The molecule has 0 bridgehead atoms. The number of hydrogen-bond donors (Lipinski definition) is 0. The fraction of sp³-hybridized carbons (Fsp3) is 0.154. The molecule has 0 unspecified atom stereocenters. The van der Waals surface area contributed by atoms with Crippen LogP contribution in [-0.4, -0.2) is 12.5 Å². The molecular weight excluding hydrogens is 408 g/mol. The molecule has 1 heterocycles. The zero-order valence-electron chi connectivity index (χ0n) is 17.1. The van der Waals surface area contributed by atoms with Crippen LogP contribution in [0.15, 0.2) is 66.7 Å². The topological polar surface area (TPSA) is 53.3 Å². The number of fused-ring (bicyclic) bond motifs is 1. The van der Waals surface area contributed by atoms with Crippen molar-refractivity contribution in [3.8, 4) is 11.8 Å². The first-order chi connectivity index (χ1) is 15.1. The van der Waals surface area contributed by atoms with Crippen LogP contribution in [0.3, 0.4) is 0 Å². The first kappa shape index (κ1) is 20.7. The van der Waals surface area contributed by atoms with Gasteiger partial charge in [0.05, 0.1) is 22.3 Å². The summed E-state index contributed by atoms with van der Waals surface area (Å²) in [6.07, 6.45) is 2.76. The molecule has 31 heavy (non-hydrogen) atoms. The molecule has 1 aliphatic rings. The van der Waals surface area contributed by atoms with Gasteiger partial charge in [-0.05, 0) is 42.3 Å². The van der Waals surface area contributed by atoms with Crippen molar-refractivity contribution < 1.29 is 9.53 Å². The maximum Gasteiger partial charge on any atom is 0.258 e. The Morgan fingerprint density at radius 3 is 2.65 bits per heavy atom. The van der Waals surface area contributed by atoms with Crippen molar-refractivity contribution in [3.05, 3.63) is 94.0 Å². The predicted octanol–water partition coefficient (Wildman–Crippen LogP) is 6.09. The van der Waals surface area contributed by atoms with Crippen LogP contribution in [0.5, 0.6) is 5.75 Å². The molecule has 1 amide bonds. The van der Waals surface area contributed by atoms with Crippen LogP contribution in [0.2, 0.25) is 5.02 Å². The van der Waals surface area contributed by atoms with E-state index < -0.39 is 0 Å². The number of anilines is 1. The van der Waals surface area contributed by atoms with Crippen LogP contribution in [0.1, 0.15) is 35.6 Å². The van der Waals surface area contributed by atoms with Gasteiger partial charge in [-0.25, -0.2) is 0 Å². The Hall–Kier alpha value is -3.55. The number of amides is 1. The van der Waals surface area contributed by atoms with Crippen molar-refractivity contribution in [1.82, 2.24) is 0 Å². The van der Waals surface area contributed by atoms with E-state index in [-0.39, 0.29) is 12.5 Å². The monoisotopic (exact) mass is 428 g/mol. The molecule has 0 fully saturated rings. The van der Waals surface area contributed by atoms with E-state index in [0.29, 0.717) is 28.5 Å². The zero-order chi connectivity index (χ0) is 21.8. The molecule has 0 N–H and O–H groups in total. The van der Waals surface area contributed by atoms with Crippen LogP contribution >= 0.6 is 11.6 Å². The van der Waals surface area contributed by atoms with E-state index in [4.69, 9.17) is 16.3 Å². The number of ether oxygens (including phenoxy) is 1. The van der Waals surface area contributed by atoms with Crippen LogP contribution < -0.4 is 9.64 Å². The molecule has 0 radical (unpaired) electrons. The number of benzene rings is 3. The van der Waals surface area contributed by atoms with Gasteiger partial charge in [0.15, 0.2) is 0 Å². The molecule has 4 nitrogen and oxygen atoms in total. The lowest BCUT2D eigenvalue weighted by atomic mass is 10.0. The van der Waals surface area contributed by atoms with Crippen LogP contribution in [0.4, 0.5) is 5.69 Å². The maximum absolute atomic E-state index is 13.0. The Balaban J connectivity index is 1.58. The second-order valence-electron chi connectivity index (χ2n) is 7.28. The number of rotatable bonds is 6. The molecule has 154 valence electrons. The highest BCUT2D eigenvalue weighted by atomic mass is 35.5. The standard InChI is InChI=1S/C26H21ClN2O2/c1-2-13-29-24-10-6-5-9-21(24)22(26(29)30)14-18-11-12-25(23(27)15-18)31-17-20-8-4-3-7-19(20)16-28/h3-12,14-15H,2,13,17H2,1H3/b22-14-. The minimum Gasteiger partial charge on any atom is -0.487 e. The molecule has 5 heteroatoms. The summed E-state index contributed by atoms with van der Waals surface area (Å²) in [5.74, 6) is 0.537. The van der Waals surface area contributed by atoms with Crippen molar-refractivity contribution in [3.63, 3.8) is 0 Å².